The number of pyridine rings is 1. The fourth-order valence-electron chi connectivity index (χ4n) is 1.23. The van der Waals surface area contributed by atoms with E-state index in [9.17, 15) is 4.79 Å². The van der Waals surface area contributed by atoms with Crippen molar-refractivity contribution < 1.29 is 4.79 Å². The number of alkyl halides is 1. The van der Waals surface area contributed by atoms with Crippen LogP contribution in [-0.2, 0) is 4.79 Å². The number of carbonyl (C=O) groups is 1. The van der Waals surface area contributed by atoms with Crippen LogP contribution in [0.2, 0.25) is 0 Å². The molecular formula is C10H10ClN5O. The van der Waals surface area contributed by atoms with Gasteiger partial charge >= 0.3 is 0 Å². The Morgan fingerprint density at radius 2 is 2.35 bits per heavy atom. The zero-order valence-corrected chi connectivity index (χ0v) is 9.63. The van der Waals surface area contributed by atoms with Crippen molar-refractivity contribution in [2.75, 3.05) is 11.2 Å². The Kier molecular flexibility index (Phi) is 3.66. The third-order valence-corrected chi connectivity index (χ3v) is 2.20. The van der Waals surface area contributed by atoms with Gasteiger partial charge < -0.3 is 5.32 Å². The summed E-state index contributed by atoms with van der Waals surface area (Å²) in [7, 11) is 0. The number of halogens is 1. The van der Waals surface area contributed by atoms with Crippen molar-refractivity contribution in [3.8, 4) is 5.82 Å². The van der Waals surface area contributed by atoms with Crippen LogP contribution in [0.15, 0.2) is 31.0 Å². The van der Waals surface area contributed by atoms with E-state index < -0.39 is 0 Å². The third-order valence-electron chi connectivity index (χ3n) is 2.01. The van der Waals surface area contributed by atoms with Crippen LogP contribution in [0, 0.1) is 0 Å². The SMILES string of the molecule is O=C(CCCl)Nc1ccc(-n2cncn2)nc1. The highest BCUT2D eigenvalue weighted by Gasteiger charge is 2.02. The van der Waals surface area contributed by atoms with Gasteiger partial charge in [-0.15, -0.1) is 11.6 Å². The van der Waals surface area contributed by atoms with Crippen molar-refractivity contribution in [3.05, 3.63) is 31.0 Å². The van der Waals surface area contributed by atoms with Gasteiger partial charge in [0.25, 0.3) is 0 Å². The van der Waals surface area contributed by atoms with Crippen LogP contribution in [0.4, 0.5) is 5.69 Å². The van der Waals surface area contributed by atoms with Crippen LogP contribution < -0.4 is 5.32 Å². The Morgan fingerprint density at radius 1 is 1.47 bits per heavy atom. The summed E-state index contributed by atoms with van der Waals surface area (Å²) in [4.78, 5) is 19.2. The molecule has 0 aliphatic carbocycles. The van der Waals surface area contributed by atoms with Gasteiger partial charge in [0.2, 0.25) is 5.91 Å². The largest absolute Gasteiger partial charge is 0.325 e. The van der Waals surface area contributed by atoms with E-state index in [1.165, 1.54) is 11.0 Å². The minimum absolute atomic E-state index is 0.129. The molecule has 2 heterocycles. The number of rotatable bonds is 4. The van der Waals surface area contributed by atoms with E-state index in [0.717, 1.165) is 0 Å². The molecule has 0 aliphatic heterocycles. The maximum Gasteiger partial charge on any atom is 0.225 e. The van der Waals surface area contributed by atoms with E-state index in [-0.39, 0.29) is 12.3 Å². The average molecular weight is 252 g/mol. The van der Waals surface area contributed by atoms with Gasteiger partial charge in [0.1, 0.15) is 12.7 Å². The van der Waals surface area contributed by atoms with E-state index in [1.54, 1.807) is 24.7 Å². The molecule has 17 heavy (non-hydrogen) atoms. The lowest BCUT2D eigenvalue weighted by Crippen LogP contribution is -2.12. The van der Waals surface area contributed by atoms with Gasteiger partial charge in [0.05, 0.1) is 11.9 Å². The van der Waals surface area contributed by atoms with Crippen molar-refractivity contribution in [1.29, 1.82) is 0 Å². The molecule has 0 saturated carbocycles. The fraction of sp³-hybridized carbons (Fsp3) is 0.200. The first-order chi connectivity index (χ1) is 8.29. The van der Waals surface area contributed by atoms with Crippen molar-refractivity contribution in [2.45, 2.75) is 6.42 Å². The van der Waals surface area contributed by atoms with Gasteiger partial charge in [-0.3, -0.25) is 4.79 Å². The summed E-state index contributed by atoms with van der Waals surface area (Å²) < 4.78 is 1.53. The van der Waals surface area contributed by atoms with Crippen molar-refractivity contribution in [1.82, 2.24) is 19.7 Å². The molecule has 1 N–H and O–H groups in total. The molecule has 0 fully saturated rings. The van der Waals surface area contributed by atoms with Gasteiger partial charge in [0.15, 0.2) is 5.82 Å². The van der Waals surface area contributed by atoms with Crippen LogP contribution in [0.3, 0.4) is 0 Å². The van der Waals surface area contributed by atoms with Crippen molar-refractivity contribution >= 4 is 23.2 Å². The average Bonchev–Trinajstić information content (AvgIpc) is 2.84. The zero-order valence-electron chi connectivity index (χ0n) is 8.88. The number of nitrogens with one attached hydrogen (secondary N) is 1. The van der Waals surface area contributed by atoms with E-state index >= 15 is 0 Å². The highest BCUT2D eigenvalue weighted by atomic mass is 35.5. The molecule has 7 heteroatoms. The van der Waals surface area contributed by atoms with E-state index in [4.69, 9.17) is 11.6 Å². The Morgan fingerprint density at radius 3 is 2.94 bits per heavy atom. The topological polar surface area (TPSA) is 72.7 Å². The van der Waals surface area contributed by atoms with Gasteiger partial charge in [-0.25, -0.2) is 14.6 Å². The zero-order chi connectivity index (χ0) is 12.1. The maximum atomic E-state index is 11.3. The van der Waals surface area contributed by atoms with Crippen LogP contribution >= 0.6 is 11.6 Å². The molecule has 0 unspecified atom stereocenters. The summed E-state index contributed by atoms with van der Waals surface area (Å²) >= 11 is 5.46. The monoisotopic (exact) mass is 251 g/mol. The van der Waals surface area contributed by atoms with Gasteiger partial charge in [0, 0.05) is 12.3 Å². The van der Waals surface area contributed by atoms with Crippen molar-refractivity contribution in [2.24, 2.45) is 0 Å². The Labute approximate surface area is 103 Å². The van der Waals surface area contributed by atoms with Crippen LogP contribution in [0.25, 0.3) is 5.82 Å². The number of nitrogens with zero attached hydrogens (tertiary/aromatic N) is 4. The maximum absolute atomic E-state index is 11.3. The molecule has 0 radical (unpaired) electrons. The normalized spacial score (nSPS) is 10.2. The standard InChI is InChI=1S/C10H10ClN5O/c11-4-3-10(17)15-8-1-2-9(13-5-8)16-7-12-6-14-16/h1-2,5-7H,3-4H2,(H,15,17). The molecule has 2 aromatic heterocycles. The van der Waals surface area contributed by atoms with Crippen molar-refractivity contribution in [3.63, 3.8) is 0 Å². The summed E-state index contributed by atoms with van der Waals surface area (Å²) in [5.74, 6) is 0.809. The highest BCUT2D eigenvalue weighted by Crippen LogP contribution is 2.08. The number of anilines is 1. The predicted molar refractivity (Wildman–Crippen MR) is 63.1 cm³/mol. The fourth-order valence-corrected chi connectivity index (χ4v) is 1.40. The third kappa shape index (κ3) is 3.01. The summed E-state index contributed by atoms with van der Waals surface area (Å²) in [6.45, 7) is 0. The molecule has 0 spiro atoms. The Hall–Kier alpha value is -1.95. The predicted octanol–water partition coefficient (Wildman–Crippen LogP) is 1.23. The first-order valence-electron chi connectivity index (χ1n) is 4.96. The Bertz CT molecular complexity index is 482. The summed E-state index contributed by atoms with van der Waals surface area (Å²) in [6.07, 6.45) is 4.82. The second kappa shape index (κ2) is 5.40. The van der Waals surface area contributed by atoms with Crippen LogP contribution in [0.5, 0.6) is 0 Å². The molecular weight excluding hydrogens is 242 g/mol. The number of hydrogen-bond donors (Lipinski definition) is 1. The molecule has 0 saturated heterocycles. The van der Waals surface area contributed by atoms with Gasteiger partial charge in [-0.05, 0) is 12.1 Å². The van der Waals surface area contributed by atoms with E-state index in [1.807, 2.05) is 0 Å². The molecule has 2 aromatic rings. The molecule has 0 aliphatic rings. The molecule has 0 bridgehead atoms. The Balaban J connectivity index is 2.06. The van der Waals surface area contributed by atoms with E-state index in [0.29, 0.717) is 17.4 Å². The van der Waals surface area contributed by atoms with Crippen LogP contribution in [-0.4, -0.2) is 31.5 Å². The molecule has 0 aromatic carbocycles. The first kappa shape index (κ1) is 11.5. The van der Waals surface area contributed by atoms with E-state index in [2.05, 4.69) is 20.4 Å². The lowest BCUT2D eigenvalue weighted by atomic mass is 10.3. The number of hydrogen-bond acceptors (Lipinski definition) is 4. The van der Waals surface area contributed by atoms with Gasteiger partial charge in [-0.1, -0.05) is 0 Å². The lowest BCUT2D eigenvalue weighted by molar-refractivity contribution is -0.115. The molecule has 88 valence electrons. The first-order valence-corrected chi connectivity index (χ1v) is 5.50. The van der Waals surface area contributed by atoms with Crippen LogP contribution in [0.1, 0.15) is 6.42 Å². The number of aromatic nitrogens is 4. The second-order valence-electron chi connectivity index (χ2n) is 3.23. The quantitative estimate of drug-likeness (QED) is 0.830. The lowest BCUT2D eigenvalue weighted by Gasteiger charge is -2.04. The second-order valence-corrected chi connectivity index (χ2v) is 3.61. The molecule has 6 nitrogen and oxygen atoms in total. The minimum atomic E-state index is -0.129. The number of carbonyl (C=O) groups excluding carboxylic acids is 1. The highest BCUT2D eigenvalue weighted by molar-refractivity contribution is 6.19. The molecule has 0 atom stereocenters. The minimum Gasteiger partial charge on any atom is -0.325 e. The molecule has 1 amide bonds. The summed E-state index contributed by atoms with van der Waals surface area (Å²) in [5.41, 5.74) is 0.629. The smallest absolute Gasteiger partial charge is 0.225 e. The molecule has 2 rings (SSSR count). The number of amides is 1. The summed E-state index contributed by atoms with van der Waals surface area (Å²) in [5, 5.41) is 6.63. The summed E-state index contributed by atoms with van der Waals surface area (Å²) in [6, 6.07) is 3.49. The van der Waals surface area contributed by atoms with Gasteiger partial charge in [-0.2, -0.15) is 5.10 Å².